The summed E-state index contributed by atoms with van der Waals surface area (Å²) in [6, 6.07) is 30.4. The van der Waals surface area contributed by atoms with E-state index in [4.69, 9.17) is 4.74 Å². The highest BCUT2D eigenvalue weighted by molar-refractivity contribution is 8.00. The zero-order valence-corrected chi connectivity index (χ0v) is 16.4. The van der Waals surface area contributed by atoms with Crippen molar-refractivity contribution < 1.29 is 9.53 Å². The fourth-order valence-corrected chi connectivity index (χ4v) is 4.33. The van der Waals surface area contributed by atoms with E-state index in [0.717, 1.165) is 10.5 Å². The molecule has 0 saturated carbocycles. The van der Waals surface area contributed by atoms with E-state index in [1.165, 1.54) is 5.56 Å². The maximum absolute atomic E-state index is 13.2. The number of carbonyl (C=O) groups is 1. The molecule has 3 aromatic carbocycles. The molecule has 0 N–H and O–H groups in total. The summed E-state index contributed by atoms with van der Waals surface area (Å²) in [7, 11) is 0. The minimum Gasteiger partial charge on any atom is -0.355 e. The van der Waals surface area contributed by atoms with Crippen LogP contribution in [0.4, 0.5) is 0 Å². The molecule has 1 aliphatic heterocycles. The van der Waals surface area contributed by atoms with Crippen LogP contribution in [-0.2, 0) is 16.0 Å². The highest BCUT2D eigenvalue weighted by Gasteiger charge is 2.38. The Morgan fingerprint density at radius 1 is 0.893 bits per heavy atom. The number of carbonyl (C=O) groups excluding carboxylic acids is 1. The molecule has 0 aliphatic carbocycles. The molecular formula is C24H23NO2S. The Balaban J connectivity index is 1.53. The van der Waals surface area contributed by atoms with Crippen molar-refractivity contribution in [3.8, 4) is 0 Å². The standard InChI is InChI=1S/C24H23NO2S/c26-23(18-28-21-14-8-3-9-15-21)25-22(20-12-6-2-7-13-20)17-27-24(25)16-19-10-4-1-5-11-19/h1-15,22,24H,16-18H2/t22-,24+/m1/s1. The van der Waals surface area contributed by atoms with Gasteiger partial charge in [0.1, 0.15) is 6.23 Å². The van der Waals surface area contributed by atoms with Crippen LogP contribution in [0, 0.1) is 0 Å². The summed E-state index contributed by atoms with van der Waals surface area (Å²) >= 11 is 1.57. The van der Waals surface area contributed by atoms with Crippen molar-refractivity contribution in [2.24, 2.45) is 0 Å². The molecule has 1 heterocycles. The zero-order chi connectivity index (χ0) is 19.2. The first kappa shape index (κ1) is 18.8. The molecule has 4 rings (SSSR count). The smallest absolute Gasteiger partial charge is 0.235 e. The summed E-state index contributed by atoms with van der Waals surface area (Å²) in [5.41, 5.74) is 2.30. The lowest BCUT2D eigenvalue weighted by molar-refractivity contribution is -0.134. The SMILES string of the molecule is O=C(CSc1ccccc1)N1[C@H](Cc2ccccc2)OC[C@@H]1c1ccccc1. The van der Waals surface area contributed by atoms with Crippen LogP contribution in [0.5, 0.6) is 0 Å². The Kier molecular flexibility index (Phi) is 6.10. The van der Waals surface area contributed by atoms with Gasteiger partial charge < -0.3 is 9.64 Å². The zero-order valence-electron chi connectivity index (χ0n) is 15.6. The van der Waals surface area contributed by atoms with Gasteiger partial charge in [-0.3, -0.25) is 4.79 Å². The molecule has 0 bridgehead atoms. The lowest BCUT2D eigenvalue weighted by Gasteiger charge is -2.28. The van der Waals surface area contributed by atoms with Crippen molar-refractivity contribution in [3.63, 3.8) is 0 Å². The van der Waals surface area contributed by atoms with E-state index >= 15 is 0 Å². The van der Waals surface area contributed by atoms with Gasteiger partial charge in [-0.1, -0.05) is 78.9 Å². The van der Waals surface area contributed by atoms with Crippen LogP contribution < -0.4 is 0 Å². The first-order valence-corrected chi connectivity index (χ1v) is 10.5. The molecule has 3 aromatic rings. The van der Waals surface area contributed by atoms with Crippen LogP contribution in [0.2, 0.25) is 0 Å². The summed E-state index contributed by atoms with van der Waals surface area (Å²) in [5, 5.41) is 0. The summed E-state index contributed by atoms with van der Waals surface area (Å²) in [6.45, 7) is 0.531. The number of rotatable bonds is 6. The summed E-state index contributed by atoms with van der Waals surface area (Å²) in [5.74, 6) is 0.517. The van der Waals surface area contributed by atoms with E-state index in [-0.39, 0.29) is 18.2 Å². The van der Waals surface area contributed by atoms with Gasteiger partial charge in [-0.25, -0.2) is 0 Å². The van der Waals surface area contributed by atoms with Gasteiger partial charge in [-0.15, -0.1) is 11.8 Å². The minimum atomic E-state index is -0.239. The Labute approximate surface area is 170 Å². The third-order valence-corrected chi connectivity index (χ3v) is 5.92. The highest BCUT2D eigenvalue weighted by atomic mass is 32.2. The van der Waals surface area contributed by atoms with E-state index in [1.54, 1.807) is 11.8 Å². The topological polar surface area (TPSA) is 29.5 Å². The normalized spacial score (nSPS) is 18.9. The first-order valence-electron chi connectivity index (χ1n) is 9.51. The molecule has 28 heavy (non-hydrogen) atoms. The lowest BCUT2D eigenvalue weighted by atomic mass is 10.1. The second-order valence-corrected chi connectivity index (χ2v) is 7.86. The number of hydrogen-bond acceptors (Lipinski definition) is 3. The monoisotopic (exact) mass is 389 g/mol. The summed E-state index contributed by atoms with van der Waals surface area (Å²) < 4.78 is 6.11. The van der Waals surface area contributed by atoms with Crippen LogP contribution in [0.1, 0.15) is 17.2 Å². The molecule has 1 amide bonds. The van der Waals surface area contributed by atoms with Gasteiger partial charge in [0.05, 0.1) is 18.4 Å². The predicted molar refractivity (Wildman–Crippen MR) is 113 cm³/mol. The molecule has 0 aromatic heterocycles. The van der Waals surface area contributed by atoms with Crippen LogP contribution >= 0.6 is 11.8 Å². The highest BCUT2D eigenvalue weighted by Crippen LogP contribution is 2.33. The van der Waals surface area contributed by atoms with Crippen molar-refractivity contribution in [3.05, 3.63) is 102 Å². The Hall–Kier alpha value is -2.56. The van der Waals surface area contributed by atoms with Crippen molar-refractivity contribution >= 4 is 17.7 Å². The van der Waals surface area contributed by atoms with Crippen LogP contribution in [0.15, 0.2) is 95.9 Å². The predicted octanol–water partition coefficient (Wildman–Crippen LogP) is 4.95. The second kappa shape index (κ2) is 9.09. The summed E-state index contributed by atoms with van der Waals surface area (Å²) in [4.78, 5) is 16.3. The summed E-state index contributed by atoms with van der Waals surface area (Å²) in [6.07, 6.45) is 0.461. The van der Waals surface area contributed by atoms with Gasteiger partial charge in [0.15, 0.2) is 0 Å². The fraction of sp³-hybridized carbons (Fsp3) is 0.208. The molecule has 0 radical (unpaired) electrons. The van der Waals surface area contributed by atoms with Gasteiger partial charge in [-0.05, 0) is 23.3 Å². The quantitative estimate of drug-likeness (QED) is 0.559. The minimum absolute atomic E-state index is 0.0428. The molecule has 1 fully saturated rings. The first-order chi connectivity index (χ1) is 13.8. The number of hydrogen-bond donors (Lipinski definition) is 0. The van der Waals surface area contributed by atoms with E-state index in [1.807, 2.05) is 71.6 Å². The molecule has 4 heteroatoms. The van der Waals surface area contributed by atoms with Crippen LogP contribution in [-0.4, -0.2) is 29.4 Å². The van der Waals surface area contributed by atoms with Crippen molar-refractivity contribution in [2.45, 2.75) is 23.6 Å². The second-order valence-electron chi connectivity index (χ2n) is 6.81. The van der Waals surface area contributed by atoms with Gasteiger partial charge >= 0.3 is 0 Å². The Morgan fingerprint density at radius 3 is 2.18 bits per heavy atom. The average Bonchev–Trinajstić information content (AvgIpc) is 3.18. The number of benzene rings is 3. The van der Waals surface area contributed by atoms with E-state index in [9.17, 15) is 4.79 Å². The van der Waals surface area contributed by atoms with Crippen LogP contribution in [0.25, 0.3) is 0 Å². The average molecular weight is 390 g/mol. The fourth-order valence-electron chi connectivity index (χ4n) is 3.54. The Morgan fingerprint density at radius 2 is 1.50 bits per heavy atom. The molecular weight excluding hydrogens is 366 g/mol. The van der Waals surface area contributed by atoms with Crippen LogP contribution in [0.3, 0.4) is 0 Å². The number of nitrogens with zero attached hydrogens (tertiary/aromatic N) is 1. The maximum atomic E-state index is 13.2. The van der Waals surface area contributed by atoms with E-state index in [2.05, 4.69) is 24.3 Å². The molecule has 0 spiro atoms. The van der Waals surface area contributed by atoms with Gasteiger partial charge in [-0.2, -0.15) is 0 Å². The van der Waals surface area contributed by atoms with Crippen molar-refractivity contribution in [1.82, 2.24) is 4.90 Å². The third-order valence-electron chi connectivity index (χ3n) is 4.92. The van der Waals surface area contributed by atoms with E-state index in [0.29, 0.717) is 18.8 Å². The molecule has 3 nitrogen and oxygen atoms in total. The molecule has 1 aliphatic rings. The molecule has 1 saturated heterocycles. The Bertz CT molecular complexity index is 886. The molecule has 0 unspecified atom stereocenters. The maximum Gasteiger partial charge on any atom is 0.235 e. The number of thioether (sulfide) groups is 1. The van der Waals surface area contributed by atoms with Crippen molar-refractivity contribution in [1.29, 1.82) is 0 Å². The third kappa shape index (κ3) is 4.46. The molecule has 2 atom stereocenters. The van der Waals surface area contributed by atoms with Gasteiger partial charge in [0.2, 0.25) is 5.91 Å². The largest absolute Gasteiger partial charge is 0.355 e. The van der Waals surface area contributed by atoms with Crippen molar-refractivity contribution in [2.75, 3.05) is 12.4 Å². The number of ether oxygens (including phenoxy) is 1. The molecule has 142 valence electrons. The van der Waals surface area contributed by atoms with Gasteiger partial charge in [0, 0.05) is 11.3 Å². The lowest BCUT2D eigenvalue weighted by Crippen LogP contribution is -2.40. The van der Waals surface area contributed by atoms with E-state index < -0.39 is 0 Å². The number of amides is 1. The van der Waals surface area contributed by atoms with Gasteiger partial charge in [0.25, 0.3) is 0 Å².